The van der Waals surface area contributed by atoms with Gasteiger partial charge in [-0.15, -0.1) is 0 Å². The van der Waals surface area contributed by atoms with Crippen LogP contribution in [0.5, 0.6) is 5.75 Å². The number of ether oxygens (including phenoxy) is 5. The second-order valence-electron chi connectivity index (χ2n) is 12.3. The van der Waals surface area contributed by atoms with Crippen molar-refractivity contribution in [3.8, 4) is 5.75 Å². The Morgan fingerprint density at radius 3 is 1.96 bits per heavy atom. The van der Waals surface area contributed by atoms with Crippen LogP contribution in [0.3, 0.4) is 0 Å². The summed E-state index contributed by atoms with van der Waals surface area (Å²) in [5.74, 6) is 0.709. The molecule has 2 aliphatic rings. The van der Waals surface area contributed by atoms with Crippen molar-refractivity contribution in [3.05, 3.63) is 42.0 Å². The van der Waals surface area contributed by atoms with Crippen LogP contribution in [0.2, 0.25) is 0 Å². The summed E-state index contributed by atoms with van der Waals surface area (Å²) in [6, 6.07) is 12.3. The van der Waals surface area contributed by atoms with Gasteiger partial charge in [0.15, 0.2) is 12.6 Å². The van der Waals surface area contributed by atoms with Gasteiger partial charge < -0.3 is 60.1 Å². The monoisotopic (exact) mass is 652 g/mol. The molecular formula is C33H52N2O11. The fourth-order valence-electron chi connectivity index (χ4n) is 5.89. The van der Waals surface area contributed by atoms with E-state index in [2.05, 4.69) is 18.2 Å². The summed E-state index contributed by atoms with van der Waals surface area (Å²) < 4.78 is 27.5. The van der Waals surface area contributed by atoms with E-state index in [1.54, 1.807) is 18.7 Å². The van der Waals surface area contributed by atoms with Gasteiger partial charge in [0, 0.05) is 19.6 Å². The fraction of sp³-hybridized carbons (Fsp3) is 0.697. The molecular weight excluding hydrogens is 600 g/mol. The van der Waals surface area contributed by atoms with Crippen molar-refractivity contribution in [2.45, 2.75) is 101 Å². The van der Waals surface area contributed by atoms with Crippen molar-refractivity contribution in [3.63, 3.8) is 0 Å². The largest absolute Gasteiger partial charge is 0.494 e. The predicted octanol–water partition coefficient (Wildman–Crippen LogP) is -0.120. The van der Waals surface area contributed by atoms with Crippen LogP contribution in [0.1, 0.15) is 38.7 Å². The molecule has 0 amide bonds. The summed E-state index contributed by atoms with van der Waals surface area (Å²) >= 11 is 0. The summed E-state index contributed by atoms with van der Waals surface area (Å²) in [7, 11) is 0. The summed E-state index contributed by atoms with van der Waals surface area (Å²) in [4.78, 5) is 1.68. The number of benzene rings is 2. The van der Waals surface area contributed by atoms with E-state index in [-0.39, 0.29) is 26.3 Å². The van der Waals surface area contributed by atoms with Gasteiger partial charge in [-0.05, 0) is 74.5 Å². The van der Waals surface area contributed by atoms with Gasteiger partial charge in [-0.25, -0.2) is 0 Å². The molecule has 0 bridgehead atoms. The van der Waals surface area contributed by atoms with Crippen molar-refractivity contribution in [2.24, 2.45) is 5.73 Å². The Kier molecular flexibility index (Phi) is 14.4. The van der Waals surface area contributed by atoms with E-state index in [9.17, 15) is 30.6 Å². The van der Waals surface area contributed by atoms with Crippen LogP contribution in [-0.2, 0) is 25.4 Å². The number of hydrogen-bond donors (Lipinski definition) is 7. The Bertz CT molecular complexity index is 1150. The normalized spacial score (nSPS) is 28.2. The number of aliphatic hydroxyl groups is 6. The lowest BCUT2D eigenvalue weighted by Gasteiger charge is -2.39. The quantitative estimate of drug-likeness (QED) is 0.112. The van der Waals surface area contributed by atoms with Crippen molar-refractivity contribution in [1.82, 2.24) is 4.90 Å². The van der Waals surface area contributed by atoms with Gasteiger partial charge in [-0.1, -0.05) is 24.3 Å². The van der Waals surface area contributed by atoms with Gasteiger partial charge in [0.25, 0.3) is 0 Å². The first-order chi connectivity index (χ1) is 22.0. The number of nitrogens with two attached hydrogens (primary N) is 1. The van der Waals surface area contributed by atoms with Gasteiger partial charge in [-0.3, -0.25) is 4.90 Å². The lowest BCUT2D eigenvalue weighted by molar-refractivity contribution is -0.274. The Morgan fingerprint density at radius 1 is 0.804 bits per heavy atom. The Labute approximate surface area is 270 Å². The van der Waals surface area contributed by atoms with Crippen molar-refractivity contribution in [2.75, 3.05) is 46.0 Å². The van der Waals surface area contributed by atoms with Gasteiger partial charge in [0.1, 0.15) is 42.4 Å². The number of fused-ring (bicyclic) bond motifs is 1. The molecule has 0 spiro atoms. The molecule has 2 aliphatic heterocycles. The molecule has 2 fully saturated rings. The van der Waals surface area contributed by atoms with E-state index in [0.29, 0.717) is 31.9 Å². The van der Waals surface area contributed by atoms with Gasteiger partial charge in [0.2, 0.25) is 0 Å². The molecule has 2 aromatic rings. The third-order valence-electron chi connectivity index (χ3n) is 8.49. The zero-order valence-electron chi connectivity index (χ0n) is 26.8. The smallest absolute Gasteiger partial charge is 0.155 e. The molecule has 8 N–H and O–H groups in total. The highest BCUT2D eigenvalue weighted by Crippen LogP contribution is 2.24. The zero-order chi connectivity index (χ0) is 33.2. The standard InChI is InChI=1S/C33H52N2O11/c1-20-43-18-28(38)32(45-20)30(40)26(36)16-35(17-27(37)31(41)33-29(39)19-44-21(2)46-33)12-5-13-42-25-10-9-23-14-22(6-3-4-11-34)7-8-24(23)15-25/h7-10,14-15,20-21,26-33,36-41H,3-6,11-13,16-19,34H2,1-2H3/t20?,21?,26-,27-,28+,29+,30+,31+,32+,33+/m0/s1. The Balaban J connectivity index is 1.36. The summed E-state index contributed by atoms with van der Waals surface area (Å²) in [5, 5.41) is 66.3. The second kappa shape index (κ2) is 18.0. The highest BCUT2D eigenvalue weighted by atomic mass is 16.7. The average Bonchev–Trinajstić information content (AvgIpc) is 3.04. The van der Waals surface area contributed by atoms with E-state index in [1.165, 1.54) is 5.56 Å². The SMILES string of the molecule is CC1OC[C@@H](O)[C@H]([C@H](O)[C@@H](O)CN(CCCOc2ccc3cc(CCCCN)ccc3c2)C[C@H](O)[C@@H](O)[C@@H]2OC(C)OC[C@H]2O)O1. The molecule has 2 saturated heterocycles. The first-order valence-corrected chi connectivity index (χ1v) is 16.3. The molecule has 13 heteroatoms. The van der Waals surface area contributed by atoms with Crippen LogP contribution in [0.15, 0.2) is 36.4 Å². The van der Waals surface area contributed by atoms with Gasteiger partial charge in [-0.2, -0.15) is 0 Å². The zero-order valence-corrected chi connectivity index (χ0v) is 26.8. The third kappa shape index (κ3) is 10.5. The Hall–Kier alpha value is -1.98. The molecule has 0 radical (unpaired) electrons. The summed E-state index contributed by atoms with van der Waals surface area (Å²) in [5.41, 5.74) is 6.89. The minimum absolute atomic E-state index is 0.0435. The van der Waals surface area contributed by atoms with E-state index in [4.69, 9.17) is 29.4 Å². The van der Waals surface area contributed by atoms with Crippen LogP contribution >= 0.6 is 0 Å². The van der Waals surface area contributed by atoms with Gasteiger partial charge in [0.05, 0.1) is 32.0 Å². The van der Waals surface area contributed by atoms with Gasteiger partial charge >= 0.3 is 0 Å². The maximum Gasteiger partial charge on any atom is 0.155 e. The fourth-order valence-corrected chi connectivity index (χ4v) is 5.89. The maximum atomic E-state index is 11.0. The van der Waals surface area contributed by atoms with Crippen molar-refractivity contribution in [1.29, 1.82) is 0 Å². The van der Waals surface area contributed by atoms with Crippen LogP contribution in [0.25, 0.3) is 10.8 Å². The van der Waals surface area contributed by atoms with E-state index < -0.39 is 61.4 Å². The maximum absolute atomic E-state index is 11.0. The average molecular weight is 653 g/mol. The Morgan fingerprint density at radius 2 is 1.37 bits per heavy atom. The second-order valence-corrected chi connectivity index (χ2v) is 12.3. The van der Waals surface area contributed by atoms with Crippen LogP contribution in [-0.4, -0.2) is 143 Å². The minimum Gasteiger partial charge on any atom is -0.494 e. The topological polar surface area (TPSA) is 197 Å². The van der Waals surface area contributed by atoms with Crippen LogP contribution in [0.4, 0.5) is 0 Å². The molecule has 13 nitrogen and oxygen atoms in total. The van der Waals surface area contributed by atoms with Crippen molar-refractivity contribution < 1.29 is 54.3 Å². The molecule has 10 atom stereocenters. The van der Waals surface area contributed by atoms with Crippen LogP contribution < -0.4 is 10.5 Å². The third-order valence-corrected chi connectivity index (χ3v) is 8.49. The highest BCUT2D eigenvalue weighted by Gasteiger charge is 2.40. The van der Waals surface area contributed by atoms with Crippen molar-refractivity contribution >= 4 is 10.8 Å². The molecule has 0 aliphatic carbocycles. The molecule has 46 heavy (non-hydrogen) atoms. The molecule has 4 rings (SSSR count). The predicted molar refractivity (Wildman–Crippen MR) is 169 cm³/mol. The molecule has 0 saturated carbocycles. The first kappa shape index (κ1) is 36.8. The summed E-state index contributed by atoms with van der Waals surface area (Å²) in [6.07, 6.45) is -7.78. The number of hydrogen-bond acceptors (Lipinski definition) is 13. The highest BCUT2D eigenvalue weighted by molar-refractivity contribution is 5.84. The van der Waals surface area contributed by atoms with Crippen LogP contribution in [0, 0.1) is 0 Å². The lowest BCUT2D eigenvalue weighted by Crippen LogP contribution is -2.57. The number of nitrogens with zero attached hydrogens (tertiary/aromatic N) is 1. The molecule has 2 unspecified atom stereocenters. The number of rotatable bonds is 17. The molecule has 2 aromatic carbocycles. The first-order valence-electron chi connectivity index (χ1n) is 16.3. The molecule has 0 aromatic heterocycles. The van der Waals surface area contributed by atoms with E-state index >= 15 is 0 Å². The minimum atomic E-state index is -1.44. The number of unbranched alkanes of at least 4 members (excludes halogenated alkanes) is 1. The number of aryl methyl sites for hydroxylation is 1. The lowest BCUT2D eigenvalue weighted by atomic mass is 10.00. The molecule has 2 heterocycles. The summed E-state index contributed by atoms with van der Waals surface area (Å²) in [6.45, 7) is 4.31. The molecule has 260 valence electrons. The number of aliphatic hydroxyl groups excluding tert-OH is 6. The van der Waals surface area contributed by atoms with E-state index in [0.717, 1.165) is 30.0 Å². The van der Waals surface area contributed by atoms with E-state index in [1.807, 2.05) is 18.2 Å².